The Morgan fingerprint density at radius 3 is 2.68 bits per heavy atom. The van der Waals surface area contributed by atoms with E-state index in [0.717, 1.165) is 0 Å². The Bertz CT molecular complexity index is 550. The van der Waals surface area contributed by atoms with Gasteiger partial charge in [-0.15, -0.1) is 0 Å². The molecule has 2 unspecified atom stereocenters. The predicted molar refractivity (Wildman–Crippen MR) is 80.3 cm³/mol. The summed E-state index contributed by atoms with van der Waals surface area (Å²) in [4.78, 5) is 12.5. The van der Waals surface area contributed by atoms with Crippen LogP contribution in [0.2, 0.25) is 5.02 Å². The molecule has 2 aliphatic carbocycles. The van der Waals surface area contributed by atoms with E-state index in [9.17, 15) is 4.79 Å². The van der Waals surface area contributed by atoms with Gasteiger partial charge in [0.1, 0.15) is 4.99 Å². The number of rotatable bonds is 3. The van der Waals surface area contributed by atoms with Crippen molar-refractivity contribution in [2.24, 2.45) is 23.5 Å². The number of carbonyl (C=O) groups excluding carboxylic acids is 1. The Morgan fingerprint density at radius 1 is 1.37 bits per heavy atom. The second-order valence-electron chi connectivity index (χ2n) is 5.33. The molecule has 2 aliphatic rings. The van der Waals surface area contributed by atoms with Crippen LogP contribution >= 0.6 is 23.8 Å². The molecule has 5 heteroatoms. The van der Waals surface area contributed by atoms with Crippen LogP contribution in [-0.2, 0) is 4.79 Å². The molecule has 1 aromatic carbocycles. The maximum atomic E-state index is 12.2. The van der Waals surface area contributed by atoms with Gasteiger partial charge in [0.2, 0.25) is 5.91 Å². The molecule has 1 amide bonds. The lowest BCUT2D eigenvalue weighted by molar-refractivity contribution is -0.118. The zero-order valence-corrected chi connectivity index (χ0v) is 11.9. The first-order valence-electron chi connectivity index (χ1n) is 6.48. The second-order valence-corrected chi connectivity index (χ2v) is 6.18. The van der Waals surface area contributed by atoms with Crippen molar-refractivity contribution in [3.63, 3.8) is 0 Å². The fraction of sp³-hybridized carbons (Fsp3) is 0.429. The monoisotopic (exact) mass is 294 g/mol. The van der Waals surface area contributed by atoms with E-state index < -0.39 is 0 Å². The summed E-state index contributed by atoms with van der Waals surface area (Å²) in [7, 11) is 0. The van der Waals surface area contributed by atoms with E-state index in [0.29, 0.717) is 33.1 Å². The first kappa shape index (κ1) is 12.9. The molecule has 3 rings (SSSR count). The highest BCUT2D eigenvalue weighted by Gasteiger charge is 2.56. The minimum absolute atomic E-state index is 0.0803. The molecule has 0 saturated heterocycles. The van der Waals surface area contributed by atoms with Gasteiger partial charge in [-0.2, -0.15) is 0 Å². The summed E-state index contributed by atoms with van der Waals surface area (Å²) in [6, 6.07) is 5.20. The minimum atomic E-state index is 0.0803. The van der Waals surface area contributed by atoms with Crippen molar-refractivity contribution in [2.75, 3.05) is 5.32 Å². The minimum Gasteiger partial charge on any atom is -0.389 e. The molecule has 2 saturated carbocycles. The summed E-state index contributed by atoms with van der Waals surface area (Å²) in [5, 5.41) is 3.42. The lowest BCUT2D eigenvalue weighted by atomic mass is 10.1. The van der Waals surface area contributed by atoms with Crippen molar-refractivity contribution < 1.29 is 4.79 Å². The van der Waals surface area contributed by atoms with Crippen molar-refractivity contribution in [3.05, 3.63) is 28.8 Å². The number of carbonyl (C=O) groups is 1. The Kier molecular flexibility index (Phi) is 3.23. The normalized spacial score (nSPS) is 27.7. The fourth-order valence-electron chi connectivity index (χ4n) is 3.20. The van der Waals surface area contributed by atoms with Crippen LogP contribution in [0, 0.1) is 17.8 Å². The number of nitrogens with one attached hydrogen (secondary N) is 1. The molecule has 0 heterocycles. The van der Waals surface area contributed by atoms with E-state index >= 15 is 0 Å². The van der Waals surface area contributed by atoms with Crippen LogP contribution in [0.15, 0.2) is 18.2 Å². The van der Waals surface area contributed by atoms with Gasteiger partial charge in [0, 0.05) is 11.5 Å². The molecule has 3 N–H and O–H groups in total. The standard InChI is InChI=1S/C14H15ClN2OS/c15-10-5-4-7(13(16)19)6-11(10)17-14(18)12-8-2-1-3-9(8)12/h4-6,8-9,12H,1-3H2,(H2,16,19)(H,17,18). The fourth-order valence-corrected chi connectivity index (χ4v) is 3.49. The SMILES string of the molecule is NC(=S)c1ccc(Cl)c(NC(=O)C2C3CCCC32)c1. The van der Waals surface area contributed by atoms with E-state index in [4.69, 9.17) is 29.6 Å². The van der Waals surface area contributed by atoms with Crippen molar-refractivity contribution in [2.45, 2.75) is 19.3 Å². The number of anilines is 1. The van der Waals surface area contributed by atoms with E-state index in [1.54, 1.807) is 18.2 Å². The van der Waals surface area contributed by atoms with Crippen LogP contribution in [0.4, 0.5) is 5.69 Å². The first-order chi connectivity index (χ1) is 9.08. The first-order valence-corrected chi connectivity index (χ1v) is 7.27. The summed E-state index contributed by atoms with van der Waals surface area (Å²) in [5.74, 6) is 1.45. The Balaban J connectivity index is 1.74. The zero-order chi connectivity index (χ0) is 13.6. The van der Waals surface area contributed by atoms with Gasteiger partial charge in [0.15, 0.2) is 0 Å². The summed E-state index contributed by atoms with van der Waals surface area (Å²) in [5.41, 5.74) is 6.90. The molecular weight excluding hydrogens is 280 g/mol. The Hall–Kier alpha value is -1.13. The quantitative estimate of drug-likeness (QED) is 0.843. The molecule has 0 aromatic heterocycles. The van der Waals surface area contributed by atoms with Crippen molar-refractivity contribution in [3.8, 4) is 0 Å². The van der Waals surface area contributed by atoms with Crippen LogP contribution < -0.4 is 11.1 Å². The summed E-state index contributed by atoms with van der Waals surface area (Å²) < 4.78 is 0. The molecule has 1 aromatic rings. The molecule has 19 heavy (non-hydrogen) atoms. The van der Waals surface area contributed by atoms with Crippen molar-refractivity contribution in [1.82, 2.24) is 0 Å². The van der Waals surface area contributed by atoms with Gasteiger partial charge in [-0.1, -0.05) is 36.3 Å². The van der Waals surface area contributed by atoms with Crippen LogP contribution in [0.1, 0.15) is 24.8 Å². The number of amides is 1. The van der Waals surface area contributed by atoms with Gasteiger partial charge in [-0.3, -0.25) is 4.79 Å². The van der Waals surface area contributed by atoms with Gasteiger partial charge in [0.25, 0.3) is 0 Å². The lowest BCUT2D eigenvalue weighted by Gasteiger charge is -2.10. The number of hydrogen-bond acceptors (Lipinski definition) is 2. The molecule has 100 valence electrons. The van der Waals surface area contributed by atoms with E-state index in [1.807, 2.05) is 0 Å². The van der Waals surface area contributed by atoms with Gasteiger partial charge in [0.05, 0.1) is 10.7 Å². The van der Waals surface area contributed by atoms with E-state index in [1.165, 1.54) is 19.3 Å². The van der Waals surface area contributed by atoms with Gasteiger partial charge in [-0.05, 0) is 36.8 Å². The van der Waals surface area contributed by atoms with Crippen LogP contribution in [0.5, 0.6) is 0 Å². The largest absolute Gasteiger partial charge is 0.389 e. The smallest absolute Gasteiger partial charge is 0.228 e. The zero-order valence-electron chi connectivity index (χ0n) is 10.4. The van der Waals surface area contributed by atoms with Crippen LogP contribution in [0.25, 0.3) is 0 Å². The third-order valence-corrected chi connectivity index (χ3v) is 4.78. The number of benzene rings is 1. The number of hydrogen-bond donors (Lipinski definition) is 2. The highest BCUT2D eigenvalue weighted by Crippen LogP contribution is 2.57. The third-order valence-electron chi connectivity index (χ3n) is 4.22. The lowest BCUT2D eigenvalue weighted by Crippen LogP contribution is -2.17. The molecule has 0 bridgehead atoms. The van der Waals surface area contributed by atoms with E-state index in [-0.39, 0.29) is 11.8 Å². The Morgan fingerprint density at radius 2 is 2.05 bits per heavy atom. The second kappa shape index (κ2) is 4.76. The van der Waals surface area contributed by atoms with Crippen molar-refractivity contribution >= 4 is 40.4 Å². The van der Waals surface area contributed by atoms with Gasteiger partial charge >= 0.3 is 0 Å². The maximum Gasteiger partial charge on any atom is 0.228 e. The number of halogens is 1. The van der Waals surface area contributed by atoms with Gasteiger partial charge in [-0.25, -0.2) is 0 Å². The third kappa shape index (κ3) is 2.35. The maximum absolute atomic E-state index is 12.2. The molecule has 0 aliphatic heterocycles. The van der Waals surface area contributed by atoms with Crippen LogP contribution in [0.3, 0.4) is 0 Å². The molecule has 0 spiro atoms. The predicted octanol–water partition coefficient (Wildman–Crippen LogP) is 2.96. The molecule has 3 nitrogen and oxygen atoms in total. The van der Waals surface area contributed by atoms with E-state index in [2.05, 4.69) is 5.32 Å². The molecule has 0 radical (unpaired) electrons. The average Bonchev–Trinajstić information content (AvgIpc) is 2.86. The topological polar surface area (TPSA) is 55.1 Å². The number of thiocarbonyl (C=S) groups is 1. The molecular formula is C14H15ClN2OS. The summed E-state index contributed by atoms with van der Waals surface area (Å²) in [6.45, 7) is 0. The average molecular weight is 295 g/mol. The van der Waals surface area contributed by atoms with Gasteiger partial charge < -0.3 is 11.1 Å². The van der Waals surface area contributed by atoms with Crippen molar-refractivity contribution in [1.29, 1.82) is 0 Å². The number of nitrogens with two attached hydrogens (primary N) is 1. The highest BCUT2D eigenvalue weighted by atomic mass is 35.5. The summed E-state index contributed by atoms with van der Waals surface area (Å²) in [6.07, 6.45) is 3.63. The number of fused-ring (bicyclic) bond motifs is 1. The molecule has 2 atom stereocenters. The highest BCUT2D eigenvalue weighted by molar-refractivity contribution is 7.80. The van der Waals surface area contributed by atoms with Crippen LogP contribution in [-0.4, -0.2) is 10.9 Å². The Labute approximate surface area is 122 Å². The summed E-state index contributed by atoms with van der Waals surface area (Å²) >= 11 is 11.0. The molecule has 2 fully saturated rings.